The lowest BCUT2D eigenvalue weighted by atomic mass is 9.95. The number of rotatable bonds is 4. The van der Waals surface area contributed by atoms with E-state index in [1.807, 2.05) is 49.9 Å². The van der Waals surface area contributed by atoms with E-state index >= 15 is 0 Å². The number of hydrogen-bond acceptors (Lipinski definition) is 4. The van der Waals surface area contributed by atoms with Gasteiger partial charge < -0.3 is 24.3 Å². The maximum atomic E-state index is 13.4. The van der Waals surface area contributed by atoms with Crippen LogP contribution >= 0.6 is 0 Å². The van der Waals surface area contributed by atoms with Crippen LogP contribution in [0.5, 0.6) is 5.75 Å². The Morgan fingerprint density at radius 2 is 1.90 bits per heavy atom. The molecule has 0 aliphatic carbocycles. The summed E-state index contributed by atoms with van der Waals surface area (Å²) in [5.41, 5.74) is 0.209. The molecule has 1 atom stereocenters. The number of carbonyl (C=O) groups excluding carboxylic acids is 3. The van der Waals surface area contributed by atoms with Gasteiger partial charge in [0, 0.05) is 46.7 Å². The second-order valence-corrected chi connectivity index (χ2v) is 8.71. The zero-order valence-corrected chi connectivity index (χ0v) is 18.6. The normalized spacial score (nSPS) is 21.0. The highest BCUT2D eigenvalue weighted by Crippen LogP contribution is 2.34. The molecule has 1 aromatic carbocycles. The van der Waals surface area contributed by atoms with Crippen molar-refractivity contribution < 1.29 is 19.1 Å². The Balaban J connectivity index is 1.73. The van der Waals surface area contributed by atoms with E-state index in [2.05, 4.69) is 0 Å². The van der Waals surface area contributed by atoms with Crippen LogP contribution < -0.4 is 9.64 Å². The smallest absolute Gasteiger partial charge is 0.319 e. The molecule has 4 amide bonds. The average Bonchev–Trinajstić information content (AvgIpc) is 3.08. The minimum atomic E-state index is -0.499. The molecule has 0 bridgehead atoms. The van der Waals surface area contributed by atoms with Gasteiger partial charge in [0.1, 0.15) is 5.75 Å². The summed E-state index contributed by atoms with van der Waals surface area (Å²) in [7, 11) is 3.46. The quantitative estimate of drug-likeness (QED) is 0.753. The lowest BCUT2D eigenvalue weighted by molar-refractivity contribution is -0.144. The lowest BCUT2D eigenvalue weighted by Gasteiger charge is -2.48. The average molecular weight is 417 g/mol. The van der Waals surface area contributed by atoms with Gasteiger partial charge in [-0.25, -0.2) is 4.79 Å². The Morgan fingerprint density at radius 3 is 2.53 bits per heavy atom. The highest BCUT2D eigenvalue weighted by molar-refractivity contribution is 6.01. The van der Waals surface area contributed by atoms with Gasteiger partial charge in [-0.2, -0.15) is 0 Å². The van der Waals surface area contributed by atoms with E-state index in [0.29, 0.717) is 44.2 Å². The van der Waals surface area contributed by atoms with Crippen LogP contribution in [0.15, 0.2) is 24.3 Å². The van der Waals surface area contributed by atoms with Crippen molar-refractivity contribution in [2.24, 2.45) is 5.92 Å². The zero-order valence-electron chi connectivity index (χ0n) is 18.6. The minimum absolute atomic E-state index is 0.0262. The van der Waals surface area contributed by atoms with Crippen LogP contribution in [0.4, 0.5) is 10.5 Å². The van der Waals surface area contributed by atoms with Crippen molar-refractivity contribution in [1.29, 1.82) is 0 Å². The fraction of sp³-hybridized carbons (Fsp3) is 0.591. The number of hydrogen-bond donors (Lipinski definition) is 0. The summed E-state index contributed by atoms with van der Waals surface area (Å²) in [6.45, 7) is 8.11. The van der Waals surface area contributed by atoms with Crippen molar-refractivity contribution in [2.45, 2.75) is 32.7 Å². The molecule has 8 nitrogen and oxygen atoms in total. The van der Waals surface area contributed by atoms with Gasteiger partial charge in [0.2, 0.25) is 11.8 Å². The molecule has 2 heterocycles. The molecule has 0 spiro atoms. The molecule has 30 heavy (non-hydrogen) atoms. The molecule has 2 saturated heterocycles. The first-order chi connectivity index (χ1) is 14.2. The third-order valence-electron chi connectivity index (χ3n) is 5.75. The third kappa shape index (κ3) is 4.22. The largest absolute Gasteiger partial charge is 0.492 e. The Morgan fingerprint density at radius 1 is 1.20 bits per heavy atom. The zero-order chi connectivity index (χ0) is 22.1. The summed E-state index contributed by atoms with van der Waals surface area (Å²) in [5, 5.41) is 0. The topological polar surface area (TPSA) is 73.4 Å². The van der Waals surface area contributed by atoms with Crippen molar-refractivity contribution in [1.82, 2.24) is 14.7 Å². The maximum Gasteiger partial charge on any atom is 0.319 e. The lowest BCUT2D eigenvalue weighted by Crippen LogP contribution is -2.64. The minimum Gasteiger partial charge on any atom is -0.492 e. The standard InChI is InChI=1S/C22H32N4O4/c1-6-30-18-10-8-7-9-17(18)25-14-16(13-19(25)27)20(28)26-12-11-24(15-22(26,2)3)21(29)23(4)5/h7-10,16H,6,11-15H2,1-5H3. The maximum absolute atomic E-state index is 13.4. The van der Waals surface area contributed by atoms with Crippen molar-refractivity contribution in [3.8, 4) is 5.75 Å². The number of benzene rings is 1. The number of amides is 4. The van der Waals surface area contributed by atoms with E-state index in [-0.39, 0.29) is 24.3 Å². The summed E-state index contributed by atoms with van der Waals surface area (Å²) < 4.78 is 5.67. The van der Waals surface area contributed by atoms with Gasteiger partial charge in [-0.15, -0.1) is 0 Å². The molecule has 0 radical (unpaired) electrons. The number of para-hydroxylation sites is 2. The summed E-state index contributed by atoms with van der Waals surface area (Å²) in [4.78, 5) is 45.3. The molecule has 8 heteroatoms. The van der Waals surface area contributed by atoms with Crippen molar-refractivity contribution >= 4 is 23.5 Å². The third-order valence-corrected chi connectivity index (χ3v) is 5.75. The van der Waals surface area contributed by atoms with E-state index < -0.39 is 11.5 Å². The van der Waals surface area contributed by atoms with Crippen LogP contribution in [-0.2, 0) is 9.59 Å². The molecule has 3 rings (SSSR count). The van der Waals surface area contributed by atoms with Crippen molar-refractivity contribution in [2.75, 3.05) is 51.8 Å². The highest BCUT2D eigenvalue weighted by atomic mass is 16.5. The van der Waals surface area contributed by atoms with E-state index in [9.17, 15) is 14.4 Å². The van der Waals surface area contributed by atoms with E-state index in [1.165, 1.54) is 0 Å². The fourth-order valence-electron chi connectivity index (χ4n) is 4.29. The van der Waals surface area contributed by atoms with Crippen LogP contribution in [0.25, 0.3) is 0 Å². The molecule has 0 aromatic heterocycles. The molecule has 164 valence electrons. The Labute approximate surface area is 178 Å². The molecule has 0 N–H and O–H groups in total. The highest BCUT2D eigenvalue weighted by Gasteiger charge is 2.44. The number of anilines is 1. The SMILES string of the molecule is CCOc1ccccc1N1CC(C(=O)N2CCN(C(=O)N(C)C)CC2(C)C)CC1=O. The Hall–Kier alpha value is -2.77. The molecule has 2 aliphatic rings. The molecule has 0 saturated carbocycles. The van der Waals surface area contributed by atoms with Crippen molar-refractivity contribution in [3.63, 3.8) is 0 Å². The van der Waals surface area contributed by atoms with Gasteiger partial charge in [0.05, 0.1) is 23.8 Å². The second-order valence-electron chi connectivity index (χ2n) is 8.71. The van der Waals surface area contributed by atoms with Crippen LogP contribution in [0, 0.1) is 5.92 Å². The van der Waals surface area contributed by atoms with Crippen molar-refractivity contribution in [3.05, 3.63) is 24.3 Å². The number of carbonyl (C=O) groups is 3. The molecular weight excluding hydrogens is 384 g/mol. The van der Waals surface area contributed by atoms with Gasteiger partial charge in [-0.1, -0.05) is 12.1 Å². The summed E-state index contributed by atoms with van der Waals surface area (Å²) >= 11 is 0. The van der Waals surface area contributed by atoms with Gasteiger partial charge in [-0.3, -0.25) is 9.59 Å². The predicted molar refractivity (Wildman–Crippen MR) is 115 cm³/mol. The monoisotopic (exact) mass is 416 g/mol. The molecule has 2 aliphatic heterocycles. The summed E-state index contributed by atoms with van der Waals surface area (Å²) in [5.74, 6) is 0.154. The van der Waals surface area contributed by atoms with Gasteiger partial charge >= 0.3 is 6.03 Å². The predicted octanol–water partition coefficient (Wildman–Crippen LogP) is 2.04. The first-order valence-electron chi connectivity index (χ1n) is 10.5. The second kappa shape index (κ2) is 8.53. The van der Waals surface area contributed by atoms with E-state index in [0.717, 1.165) is 0 Å². The Bertz CT molecular complexity index is 823. The first-order valence-corrected chi connectivity index (χ1v) is 10.5. The molecular formula is C22H32N4O4. The summed E-state index contributed by atoms with van der Waals surface area (Å²) in [6, 6.07) is 7.38. The van der Waals surface area contributed by atoms with Crippen LogP contribution in [-0.4, -0.2) is 85.0 Å². The van der Waals surface area contributed by atoms with Gasteiger partial charge in [0.25, 0.3) is 0 Å². The first kappa shape index (κ1) is 21.9. The van der Waals surface area contributed by atoms with Gasteiger partial charge in [-0.05, 0) is 32.9 Å². The molecule has 1 unspecified atom stereocenters. The number of nitrogens with zero attached hydrogens (tertiary/aromatic N) is 4. The van der Waals surface area contributed by atoms with Crippen LogP contribution in [0.3, 0.4) is 0 Å². The van der Waals surface area contributed by atoms with E-state index in [4.69, 9.17) is 4.74 Å². The van der Waals surface area contributed by atoms with Crippen LogP contribution in [0.1, 0.15) is 27.2 Å². The Kier molecular flexibility index (Phi) is 6.24. The molecule has 1 aromatic rings. The number of urea groups is 1. The fourth-order valence-corrected chi connectivity index (χ4v) is 4.29. The van der Waals surface area contributed by atoms with E-state index in [1.54, 1.807) is 28.8 Å². The number of ether oxygens (including phenoxy) is 1. The molecule has 2 fully saturated rings. The van der Waals surface area contributed by atoms with Gasteiger partial charge in [0.15, 0.2) is 0 Å². The number of piperazine rings is 1. The summed E-state index contributed by atoms with van der Waals surface area (Å²) in [6.07, 6.45) is 0.187. The van der Waals surface area contributed by atoms with Crippen LogP contribution in [0.2, 0.25) is 0 Å².